The number of rotatable bonds is 6. The Kier molecular flexibility index (Phi) is 5.03. The summed E-state index contributed by atoms with van der Waals surface area (Å²) >= 11 is 0. The third-order valence-corrected chi connectivity index (χ3v) is 3.86. The predicted octanol–water partition coefficient (Wildman–Crippen LogP) is 2.35. The van der Waals surface area contributed by atoms with E-state index in [0.29, 0.717) is 11.1 Å². The molecule has 2 rings (SSSR count). The van der Waals surface area contributed by atoms with Gasteiger partial charge in [-0.25, -0.2) is 9.59 Å². The van der Waals surface area contributed by atoms with E-state index < -0.39 is 17.6 Å². The maximum Gasteiger partial charge on any atom is 0.408 e. The van der Waals surface area contributed by atoms with E-state index in [1.807, 2.05) is 0 Å². The highest BCUT2D eigenvalue weighted by atomic mass is 16.4. The number of aliphatic carboxylic acids is 1. The van der Waals surface area contributed by atoms with Gasteiger partial charge in [0, 0.05) is 18.8 Å². The zero-order valence-electron chi connectivity index (χ0n) is 13.1. The number of hydrogen-bond donors (Lipinski definition) is 3. The Labute approximate surface area is 138 Å². The Hall–Kier alpha value is -3.09. The van der Waals surface area contributed by atoms with Gasteiger partial charge in [-0.15, -0.1) is 0 Å². The number of carboxylic acids is 1. The highest BCUT2D eigenvalue weighted by Crippen LogP contribution is 2.25. The second-order valence-electron chi connectivity index (χ2n) is 5.65. The molecule has 0 saturated carbocycles. The van der Waals surface area contributed by atoms with Crippen LogP contribution in [0.15, 0.2) is 48.8 Å². The molecule has 1 amide bonds. The number of aromatic hydroxyl groups is 1. The molecule has 126 valence electrons. The molecule has 0 saturated heterocycles. The molecule has 0 unspecified atom stereocenters. The van der Waals surface area contributed by atoms with Crippen LogP contribution < -0.4 is 0 Å². The first-order chi connectivity index (χ1) is 11.3. The maximum atomic E-state index is 11.9. The largest absolute Gasteiger partial charge is 0.508 e. The van der Waals surface area contributed by atoms with E-state index in [1.165, 1.54) is 31.5 Å². The molecule has 1 aromatic heterocycles. The van der Waals surface area contributed by atoms with Crippen molar-refractivity contribution in [2.75, 3.05) is 0 Å². The van der Waals surface area contributed by atoms with Crippen LogP contribution in [-0.2, 0) is 17.8 Å². The molecule has 2 aromatic rings. The molecule has 0 bridgehead atoms. The van der Waals surface area contributed by atoms with Gasteiger partial charge >= 0.3 is 12.1 Å². The number of carboxylic acid groups (broad SMARTS) is 2. The fourth-order valence-electron chi connectivity index (χ4n) is 2.42. The van der Waals surface area contributed by atoms with Crippen LogP contribution in [0.3, 0.4) is 0 Å². The first-order valence-electron chi connectivity index (χ1n) is 7.23. The van der Waals surface area contributed by atoms with E-state index in [0.717, 1.165) is 4.90 Å². The molecule has 24 heavy (non-hydrogen) atoms. The maximum absolute atomic E-state index is 11.9. The Morgan fingerprint density at radius 3 is 2.12 bits per heavy atom. The fourth-order valence-corrected chi connectivity index (χ4v) is 2.42. The van der Waals surface area contributed by atoms with E-state index in [2.05, 4.69) is 4.98 Å². The van der Waals surface area contributed by atoms with Gasteiger partial charge < -0.3 is 15.3 Å². The number of hydrogen-bond acceptors (Lipinski definition) is 4. The number of aromatic nitrogens is 1. The van der Waals surface area contributed by atoms with Crippen molar-refractivity contribution in [1.82, 2.24) is 9.88 Å². The summed E-state index contributed by atoms with van der Waals surface area (Å²) in [6.07, 6.45) is 1.69. The average Bonchev–Trinajstić information content (AvgIpc) is 2.55. The molecular weight excluding hydrogens is 312 g/mol. The summed E-state index contributed by atoms with van der Waals surface area (Å²) in [5.41, 5.74) is -0.407. The normalized spacial score (nSPS) is 13.0. The monoisotopic (exact) mass is 330 g/mol. The van der Waals surface area contributed by atoms with Crippen molar-refractivity contribution in [3.8, 4) is 5.75 Å². The van der Waals surface area contributed by atoms with Crippen LogP contribution in [0.1, 0.15) is 18.1 Å². The van der Waals surface area contributed by atoms with Gasteiger partial charge in [0.2, 0.25) is 0 Å². The minimum atomic E-state index is -1.66. The van der Waals surface area contributed by atoms with E-state index >= 15 is 0 Å². The van der Waals surface area contributed by atoms with E-state index in [9.17, 15) is 24.9 Å². The Morgan fingerprint density at radius 2 is 1.62 bits per heavy atom. The molecule has 0 radical (unpaired) electrons. The standard InChI is InChI=1S/C17H18N2O5/c1-17(15(21)22,10-12-2-4-14(20)5-3-12)19(16(23)24)11-13-6-8-18-9-7-13/h2-9,20H,10-11H2,1H3,(H,21,22)(H,23,24)/t17-/m0/s1. The molecule has 0 aliphatic carbocycles. The van der Waals surface area contributed by atoms with Crippen LogP contribution >= 0.6 is 0 Å². The molecule has 1 aromatic carbocycles. The van der Waals surface area contributed by atoms with Crippen molar-refractivity contribution in [1.29, 1.82) is 0 Å². The van der Waals surface area contributed by atoms with Gasteiger partial charge in [-0.3, -0.25) is 9.88 Å². The molecule has 0 aliphatic heterocycles. The topological polar surface area (TPSA) is 111 Å². The van der Waals surface area contributed by atoms with Crippen LogP contribution in [0.5, 0.6) is 5.75 Å². The lowest BCUT2D eigenvalue weighted by atomic mass is 9.90. The molecular formula is C17H18N2O5. The van der Waals surface area contributed by atoms with Crippen molar-refractivity contribution in [3.63, 3.8) is 0 Å². The van der Waals surface area contributed by atoms with Crippen molar-refractivity contribution < 1.29 is 24.9 Å². The number of phenols is 1. The minimum absolute atomic E-state index is 0.0278. The summed E-state index contributed by atoms with van der Waals surface area (Å²) in [5, 5.41) is 28.6. The molecule has 7 heteroatoms. The summed E-state index contributed by atoms with van der Waals surface area (Å²) in [6, 6.07) is 9.29. The molecule has 0 spiro atoms. The van der Waals surface area contributed by atoms with Gasteiger partial charge in [0.15, 0.2) is 0 Å². The van der Waals surface area contributed by atoms with Crippen molar-refractivity contribution in [2.24, 2.45) is 0 Å². The molecule has 0 fully saturated rings. The number of nitrogens with zero attached hydrogens (tertiary/aromatic N) is 2. The summed E-state index contributed by atoms with van der Waals surface area (Å²) in [5.74, 6) is -1.19. The van der Waals surface area contributed by atoms with Gasteiger partial charge in [-0.1, -0.05) is 12.1 Å². The lowest BCUT2D eigenvalue weighted by molar-refractivity contribution is -0.149. The molecule has 3 N–H and O–H groups in total. The van der Waals surface area contributed by atoms with E-state index in [4.69, 9.17) is 0 Å². The van der Waals surface area contributed by atoms with Gasteiger partial charge in [-0.2, -0.15) is 0 Å². The minimum Gasteiger partial charge on any atom is -0.508 e. The zero-order valence-corrected chi connectivity index (χ0v) is 13.1. The Morgan fingerprint density at radius 1 is 1.04 bits per heavy atom. The first kappa shape index (κ1) is 17.3. The van der Waals surface area contributed by atoms with Crippen LogP contribution in [0.2, 0.25) is 0 Å². The summed E-state index contributed by atoms with van der Waals surface area (Å²) in [7, 11) is 0. The molecule has 7 nitrogen and oxygen atoms in total. The first-order valence-corrected chi connectivity index (χ1v) is 7.23. The third-order valence-electron chi connectivity index (χ3n) is 3.86. The number of pyridine rings is 1. The smallest absolute Gasteiger partial charge is 0.408 e. The number of benzene rings is 1. The summed E-state index contributed by atoms with van der Waals surface area (Å²) in [6.45, 7) is 1.30. The van der Waals surface area contributed by atoms with Crippen LogP contribution in [0, 0.1) is 0 Å². The number of carbonyl (C=O) groups is 2. The lowest BCUT2D eigenvalue weighted by Gasteiger charge is -2.36. The zero-order chi connectivity index (χ0) is 17.7. The highest BCUT2D eigenvalue weighted by Gasteiger charge is 2.42. The highest BCUT2D eigenvalue weighted by molar-refractivity contribution is 5.83. The quantitative estimate of drug-likeness (QED) is 0.750. The molecule has 0 aliphatic rings. The van der Waals surface area contributed by atoms with Crippen molar-refractivity contribution >= 4 is 12.1 Å². The predicted molar refractivity (Wildman–Crippen MR) is 85.7 cm³/mol. The third kappa shape index (κ3) is 3.81. The second-order valence-corrected chi connectivity index (χ2v) is 5.65. The second kappa shape index (κ2) is 6.99. The fraction of sp³-hybridized carbons (Fsp3) is 0.235. The molecule has 1 heterocycles. The SMILES string of the molecule is C[C@](Cc1ccc(O)cc1)(C(=O)O)N(Cc1ccncc1)C(=O)O. The van der Waals surface area contributed by atoms with Gasteiger partial charge in [0.05, 0.1) is 6.54 Å². The van der Waals surface area contributed by atoms with E-state index in [-0.39, 0.29) is 18.7 Å². The summed E-state index contributed by atoms with van der Waals surface area (Å²) in [4.78, 5) is 28.3. The van der Waals surface area contributed by atoms with Crippen LogP contribution in [-0.4, -0.2) is 42.8 Å². The lowest BCUT2D eigenvalue weighted by Crippen LogP contribution is -2.55. The van der Waals surface area contributed by atoms with Gasteiger partial charge in [0.25, 0.3) is 0 Å². The number of phenolic OH excluding ortho intramolecular Hbond substituents is 1. The average molecular weight is 330 g/mol. The van der Waals surface area contributed by atoms with Crippen LogP contribution in [0.25, 0.3) is 0 Å². The Bertz CT molecular complexity index is 718. The number of amides is 1. The Balaban J connectivity index is 2.34. The van der Waals surface area contributed by atoms with E-state index in [1.54, 1.807) is 24.3 Å². The van der Waals surface area contributed by atoms with Crippen LogP contribution in [0.4, 0.5) is 4.79 Å². The van der Waals surface area contributed by atoms with Gasteiger partial charge in [0.1, 0.15) is 11.3 Å². The van der Waals surface area contributed by atoms with Crippen molar-refractivity contribution in [3.05, 3.63) is 59.9 Å². The van der Waals surface area contributed by atoms with Gasteiger partial charge in [-0.05, 0) is 42.3 Å². The van der Waals surface area contributed by atoms with Crippen molar-refractivity contribution in [2.45, 2.75) is 25.4 Å². The summed E-state index contributed by atoms with van der Waals surface area (Å²) < 4.78 is 0. The molecule has 1 atom stereocenters.